The van der Waals surface area contributed by atoms with E-state index in [1.54, 1.807) is 0 Å². The quantitative estimate of drug-likeness (QED) is 0.720. The summed E-state index contributed by atoms with van der Waals surface area (Å²) in [5.41, 5.74) is -0.111. The van der Waals surface area contributed by atoms with Gasteiger partial charge in [0.2, 0.25) is 5.91 Å². The first-order chi connectivity index (χ1) is 8.84. The van der Waals surface area contributed by atoms with E-state index in [0.717, 1.165) is 32.6 Å². The molecule has 0 radical (unpaired) electrons. The molecular weight excluding hydrogens is 240 g/mol. The number of carbonyl (C=O) groups is 1. The molecule has 0 saturated carbocycles. The van der Waals surface area contributed by atoms with Crippen LogP contribution in [0.15, 0.2) is 0 Å². The van der Waals surface area contributed by atoms with Gasteiger partial charge in [0.1, 0.15) is 0 Å². The summed E-state index contributed by atoms with van der Waals surface area (Å²) in [5.74, 6) is 0.0821. The Labute approximate surface area is 117 Å². The standard InChI is InChI=1S/C14H30N4O/c1-6-14(2,3)16-13(19)10-15-9-12-11-17(4)7-8-18(12)5/h12,15H,6-11H2,1-5H3,(H,16,19). The summed E-state index contributed by atoms with van der Waals surface area (Å²) >= 11 is 0. The van der Waals surface area contributed by atoms with Crippen molar-refractivity contribution < 1.29 is 4.79 Å². The summed E-state index contributed by atoms with van der Waals surface area (Å²) in [7, 11) is 4.30. The van der Waals surface area contributed by atoms with Crippen LogP contribution < -0.4 is 10.6 Å². The second kappa shape index (κ2) is 7.22. The summed E-state index contributed by atoms with van der Waals surface area (Å²) in [5, 5.41) is 6.31. The molecule has 1 atom stereocenters. The fourth-order valence-corrected chi connectivity index (χ4v) is 2.18. The number of carbonyl (C=O) groups excluding carboxylic acids is 1. The molecule has 0 aliphatic carbocycles. The van der Waals surface area contributed by atoms with Gasteiger partial charge in [0, 0.05) is 37.8 Å². The molecule has 1 saturated heterocycles. The number of hydrogen-bond acceptors (Lipinski definition) is 4. The summed E-state index contributed by atoms with van der Waals surface area (Å²) in [6, 6.07) is 0.491. The summed E-state index contributed by atoms with van der Waals surface area (Å²) < 4.78 is 0. The summed E-state index contributed by atoms with van der Waals surface area (Å²) in [6.45, 7) is 10.7. The number of amides is 1. The van der Waals surface area contributed by atoms with Gasteiger partial charge in [-0.1, -0.05) is 6.92 Å². The molecule has 5 nitrogen and oxygen atoms in total. The van der Waals surface area contributed by atoms with Crippen LogP contribution in [0.1, 0.15) is 27.2 Å². The van der Waals surface area contributed by atoms with Gasteiger partial charge in [-0.3, -0.25) is 9.69 Å². The van der Waals surface area contributed by atoms with Gasteiger partial charge in [-0.05, 0) is 34.4 Å². The van der Waals surface area contributed by atoms with Crippen molar-refractivity contribution in [1.82, 2.24) is 20.4 Å². The van der Waals surface area contributed by atoms with E-state index >= 15 is 0 Å². The van der Waals surface area contributed by atoms with Gasteiger partial charge >= 0.3 is 0 Å². The van der Waals surface area contributed by atoms with Gasteiger partial charge in [0.15, 0.2) is 0 Å². The lowest BCUT2D eigenvalue weighted by Gasteiger charge is -2.37. The maximum atomic E-state index is 11.8. The van der Waals surface area contributed by atoms with Gasteiger partial charge in [0.05, 0.1) is 6.54 Å². The molecule has 0 bridgehead atoms. The molecule has 19 heavy (non-hydrogen) atoms. The van der Waals surface area contributed by atoms with E-state index in [4.69, 9.17) is 0 Å². The van der Waals surface area contributed by atoms with Gasteiger partial charge in [-0.15, -0.1) is 0 Å². The minimum absolute atomic E-state index is 0.0821. The molecule has 112 valence electrons. The number of nitrogens with zero attached hydrogens (tertiary/aromatic N) is 2. The first kappa shape index (κ1) is 16.4. The molecule has 2 N–H and O–H groups in total. The Balaban J connectivity index is 2.24. The Hall–Kier alpha value is -0.650. The Morgan fingerprint density at radius 1 is 1.32 bits per heavy atom. The highest BCUT2D eigenvalue weighted by Crippen LogP contribution is 2.06. The molecule has 0 aromatic heterocycles. The fourth-order valence-electron chi connectivity index (χ4n) is 2.18. The monoisotopic (exact) mass is 270 g/mol. The van der Waals surface area contributed by atoms with Crippen LogP contribution in [-0.4, -0.2) is 74.1 Å². The lowest BCUT2D eigenvalue weighted by molar-refractivity contribution is -0.121. The molecule has 1 rings (SSSR count). The molecule has 0 aromatic rings. The van der Waals surface area contributed by atoms with Crippen molar-refractivity contribution in [2.45, 2.75) is 38.8 Å². The Bertz CT molecular complexity index is 293. The molecule has 1 fully saturated rings. The minimum Gasteiger partial charge on any atom is -0.350 e. The summed E-state index contributed by atoms with van der Waals surface area (Å²) in [6.07, 6.45) is 0.939. The van der Waals surface area contributed by atoms with Crippen LogP contribution in [0.25, 0.3) is 0 Å². The first-order valence-corrected chi connectivity index (χ1v) is 7.24. The van der Waals surface area contributed by atoms with E-state index in [2.05, 4.69) is 55.3 Å². The lowest BCUT2D eigenvalue weighted by atomic mass is 10.0. The highest BCUT2D eigenvalue weighted by atomic mass is 16.2. The second-order valence-corrected chi connectivity index (χ2v) is 6.31. The van der Waals surface area contributed by atoms with Crippen molar-refractivity contribution in [2.75, 3.05) is 46.8 Å². The number of likely N-dealkylation sites (N-methyl/N-ethyl adjacent to an activating group) is 2. The molecule has 1 heterocycles. The Morgan fingerprint density at radius 2 is 2.00 bits per heavy atom. The maximum absolute atomic E-state index is 11.8. The minimum atomic E-state index is -0.111. The average molecular weight is 270 g/mol. The second-order valence-electron chi connectivity index (χ2n) is 6.31. The van der Waals surface area contributed by atoms with Crippen LogP contribution in [0.4, 0.5) is 0 Å². The summed E-state index contributed by atoms with van der Waals surface area (Å²) in [4.78, 5) is 16.5. The van der Waals surface area contributed by atoms with Crippen LogP contribution in [0.3, 0.4) is 0 Å². The van der Waals surface area contributed by atoms with E-state index in [9.17, 15) is 4.79 Å². The van der Waals surface area contributed by atoms with Crippen LogP contribution in [-0.2, 0) is 4.79 Å². The highest BCUT2D eigenvalue weighted by Gasteiger charge is 2.22. The van der Waals surface area contributed by atoms with Crippen molar-refractivity contribution in [3.63, 3.8) is 0 Å². The predicted octanol–water partition coefficient (Wildman–Crippen LogP) is 0.127. The van der Waals surface area contributed by atoms with E-state index in [1.807, 2.05) is 0 Å². The van der Waals surface area contributed by atoms with E-state index in [0.29, 0.717) is 12.6 Å². The van der Waals surface area contributed by atoms with Crippen LogP contribution >= 0.6 is 0 Å². The third-order valence-corrected chi connectivity index (χ3v) is 4.01. The molecule has 0 spiro atoms. The number of hydrogen-bond donors (Lipinski definition) is 2. The number of rotatable bonds is 6. The molecule has 1 unspecified atom stereocenters. The molecule has 0 aromatic carbocycles. The van der Waals surface area contributed by atoms with E-state index in [1.165, 1.54) is 0 Å². The Kier molecular flexibility index (Phi) is 6.23. The van der Waals surface area contributed by atoms with Crippen molar-refractivity contribution in [3.05, 3.63) is 0 Å². The lowest BCUT2D eigenvalue weighted by Crippen LogP contribution is -2.55. The topological polar surface area (TPSA) is 47.6 Å². The average Bonchev–Trinajstić information content (AvgIpc) is 2.33. The van der Waals surface area contributed by atoms with Gasteiger partial charge < -0.3 is 15.5 Å². The van der Waals surface area contributed by atoms with Gasteiger partial charge in [0.25, 0.3) is 0 Å². The zero-order valence-corrected chi connectivity index (χ0v) is 13.1. The van der Waals surface area contributed by atoms with E-state index in [-0.39, 0.29) is 11.4 Å². The van der Waals surface area contributed by atoms with Crippen molar-refractivity contribution >= 4 is 5.91 Å². The smallest absolute Gasteiger partial charge is 0.234 e. The zero-order chi connectivity index (χ0) is 14.5. The number of piperazine rings is 1. The zero-order valence-electron chi connectivity index (χ0n) is 13.1. The van der Waals surface area contributed by atoms with E-state index < -0.39 is 0 Å². The van der Waals surface area contributed by atoms with Crippen molar-refractivity contribution in [1.29, 1.82) is 0 Å². The first-order valence-electron chi connectivity index (χ1n) is 7.24. The highest BCUT2D eigenvalue weighted by molar-refractivity contribution is 5.78. The van der Waals surface area contributed by atoms with Crippen LogP contribution in [0.2, 0.25) is 0 Å². The SMILES string of the molecule is CCC(C)(C)NC(=O)CNCC1CN(C)CCN1C. The van der Waals surface area contributed by atoms with Gasteiger partial charge in [-0.25, -0.2) is 0 Å². The molecule has 1 aliphatic rings. The molecule has 1 aliphatic heterocycles. The fraction of sp³-hybridized carbons (Fsp3) is 0.929. The van der Waals surface area contributed by atoms with Crippen LogP contribution in [0, 0.1) is 0 Å². The Morgan fingerprint density at radius 3 is 2.63 bits per heavy atom. The van der Waals surface area contributed by atoms with Gasteiger partial charge in [-0.2, -0.15) is 0 Å². The van der Waals surface area contributed by atoms with Crippen molar-refractivity contribution in [3.8, 4) is 0 Å². The third-order valence-electron chi connectivity index (χ3n) is 4.01. The van der Waals surface area contributed by atoms with Crippen molar-refractivity contribution in [2.24, 2.45) is 0 Å². The predicted molar refractivity (Wildman–Crippen MR) is 79.3 cm³/mol. The number of nitrogens with one attached hydrogen (secondary N) is 2. The molecule has 5 heteroatoms. The maximum Gasteiger partial charge on any atom is 0.234 e. The third kappa shape index (κ3) is 5.89. The molecule has 1 amide bonds. The van der Waals surface area contributed by atoms with Crippen LogP contribution in [0.5, 0.6) is 0 Å². The largest absolute Gasteiger partial charge is 0.350 e. The normalized spacial score (nSPS) is 22.5. The molecular formula is C14H30N4O.